The smallest absolute Gasteiger partial charge is 0.263 e. The fourth-order valence-corrected chi connectivity index (χ4v) is 2.94. The van der Waals surface area contributed by atoms with E-state index in [1.54, 1.807) is 6.20 Å². The van der Waals surface area contributed by atoms with Crippen molar-refractivity contribution in [3.63, 3.8) is 0 Å². The number of hydrogen-bond acceptors (Lipinski definition) is 6. The Balaban J connectivity index is 1.51. The molecule has 8 heteroatoms. The lowest BCUT2D eigenvalue weighted by molar-refractivity contribution is 0.199. The molecular formula is C16H18N6O2. The van der Waals surface area contributed by atoms with Crippen LogP contribution < -0.4 is 15.6 Å². The molecule has 3 N–H and O–H groups in total. The van der Waals surface area contributed by atoms with Crippen molar-refractivity contribution in [2.75, 3.05) is 5.32 Å². The summed E-state index contributed by atoms with van der Waals surface area (Å²) in [6, 6.07) is 3.82. The van der Waals surface area contributed by atoms with Crippen molar-refractivity contribution >= 4 is 17.0 Å². The van der Waals surface area contributed by atoms with E-state index in [1.807, 2.05) is 12.1 Å². The first-order valence-electron chi connectivity index (χ1n) is 8.07. The van der Waals surface area contributed by atoms with Crippen LogP contribution in [0.3, 0.4) is 0 Å². The van der Waals surface area contributed by atoms with E-state index in [-0.39, 0.29) is 11.7 Å². The quantitative estimate of drug-likeness (QED) is 0.661. The van der Waals surface area contributed by atoms with Gasteiger partial charge in [0.1, 0.15) is 11.5 Å². The SMILES string of the molecule is O=c1[nH]c(NCc2cccnc2OC2CCCC2)nc2[nH]ncc12. The molecule has 8 nitrogen and oxygen atoms in total. The summed E-state index contributed by atoms with van der Waals surface area (Å²) in [6.45, 7) is 0.457. The Morgan fingerprint density at radius 3 is 3.08 bits per heavy atom. The minimum atomic E-state index is -0.232. The number of pyridine rings is 1. The molecule has 3 aromatic heterocycles. The third-order valence-corrected chi connectivity index (χ3v) is 4.20. The van der Waals surface area contributed by atoms with Gasteiger partial charge < -0.3 is 10.1 Å². The standard InChI is InChI=1S/C16H18N6O2/c23-14-12-9-19-22-13(12)20-16(21-14)18-8-10-4-3-7-17-15(10)24-11-5-1-2-6-11/h3-4,7,9,11H,1-2,5-6,8H2,(H3,18,19,20,21,22,23). The fourth-order valence-electron chi connectivity index (χ4n) is 2.94. The second-order valence-electron chi connectivity index (χ2n) is 5.89. The molecule has 0 atom stereocenters. The highest BCUT2D eigenvalue weighted by Crippen LogP contribution is 2.25. The molecule has 3 aromatic rings. The number of ether oxygens (including phenoxy) is 1. The zero-order chi connectivity index (χ0) is 16.4. The van der Waals surface area contributed by atoms with Crippen LogP contribution in [0.5, 0.6) is 5.88 Å². The predicted molar refractivity (Wildman–Crippen MR) is 89.0 cm³/mol. The second-order valence-corrected chi connectivity index (χ2v) is 5.89. The molecule has 0 aliphatic heterocycles. The van der Waals surface area contributed by atoms with Gasteiger partial charge in [-0.05, 0) is 31.7 Å². The lowest BCUT2D eigenvalue weighted by Gasteiger charge is -2.15. The maximum Gasteiger partial charge on any atom is 0.263 e. The average molecular weight is 326 g/mol. The number of nitrogens with zero attached hydrogens (tertiary/aromatic N) is 3. The molecular weight excluding hydrogens is 308 g/mol. The van der Waals surface area contributed by atoms with E-state index >= 15 is 0 Å². The molecule has 3 heterocycles. The van der Waals surface area contributed by atoms with Gasteiger partial charge >= 0.3 is 0 Å². The lowest BCUT2D eigenvalue weighted by atomic mass is 10.2. The minimum Gasteiger partial charge on any atom is -0.474 e. The number of anilines is 1. The van der Waals surface area contributed by atoms with Crippen molar-refractivity contribution in [1.82, 2.24) is 25.1 Å². The minimum absolute atomic E-state index is 0.232. The van der Waals surface area contributed by atoms with Gasteiger partial charge in [-0.3, -0.25) is 14.9 Å². The molecule has 1 aliphatic carbocycles. The van der Waals surface area contributed by atoms with E-state index in [1.165, 1.54) is 19.0 Å². The van der Waals surface area contributed by atoms with Crippen LogP contribution in [0.4, 0.5) is 5.95 Å². The van der Waals surface area contributed by atoms with Crippen molar-refractivity contribution < 1.29 is 4.74 Å². The first-order valence-corrected chi connectivity index (χ1v) is 8.07. The van der Waals surface area contributed by atoms with Crippen LogP contribution in [-0.2, 0) is 6.54 Å². The van der Waals surface area contributed by atoms with Crippen LogP contribution in [0, 0.1) is 0 Å². The normalized spacial score (nSPS) is 15.0. The second kappa shape index (κ2) is 6.31. The van der Waals surface area contributed by atoms with Crippen molar-refractivity contribution in [1.29, 1.82) is 0 Å². The highest BCUT2D eigenvalue weighted by Gasteiger charge is 2.18. The number of aromatic nitrogens is 5. The van der Waals surface area contributed by atoms with Crippen molar-refractivity contribution in [3.05, 3.63) is 40.4 Å². The Bertz CT molecular complexity index is 897. The highest BCUT2D eigenvalue weighted by atomic mass is 16.5. The van der Waals surface area contributed by atoms with Crippen LogP contribution in [-0.4, -0.2) is 31.3 Å². The van der Waals surface area contributed by atoms with E-state index in [9.17, 15) is 4.79 Å². The summed E-state index contributed by atoms with van der Waals surface area (Å²) in [5.41, 5.74) is 1.15. The number of rotatable bonds is 5. The Labute approximate surface area is 137 Å². The molecule has 1 aliphatic rings. The zero-order valence-electron chi connectivity index (χ0n) is 13.1. The average Bonchev–Trinajstić information content (AvgIpc) is 3.25. The number of nitrogens with one attached hydrogen (secondary N) is 3. The van der Waals surface area contributed by atoms with Gasteiger partial charge in [0.2, 0.25) is 11.8 Å². The summed E-state index contributed by atoms with van der Waals surface area (Å²) in [4.78, 5) is 23.3. The van der Waals surface area contributed by atoms with E-state index < -0.39 is 0 Å². The Morgan fingerprint density at radius 2 is 2.21 bits per heavy atom. The van der Waals surface area contributed by atoms with Gasteiger partial charge in [-0.1, -0.05) is 6.07 Å². The highest BCUT2D eigenvalue weighted by molar-refractivity contribution is 5.73. The van der Waals surface area contributed by atoms with Crippen molar-refractivity contribution in [3.8, 4) is 5.88 Å². The van der Waals surface area contributed by atoms with Gasteiger partial charge in [0.25, 0.3) is 5.56 Å². The molecule has 0 unspecified atom stereocenters. The summed E-state index contributed by atoms with van der Waals surface area (Å²) >= 11 is 0. The lowest BCUT2D eigenvalue weighted by Crippen LogP contribution is -2.16. The first-order chi connectivity index (χ1) is 11.8. The molecule has 0 radical (unpaired) electrons. The van der Waals surface area contributed by atoms with Crippen molar-refractivity contribution in [2.45, 2.75) is 38.3 Å². The van der Waals surface area contributed by atoms with Gasteiger partial charge in [-0.2, -0.15) is 10.1 Å². The third-order valence-electron chi connectivity index (χ3n) is 4.20. The predicted octanol–water partition coefficient (Wildman–Crippen LogP) is 1.97. The van der Waals surface area contributed by atoms with Gasteiger partial charge in [0.05, 0.1) is 6.20 Å². The largest absolute Gasteiger partial charge is 0.474 e. The Hall–Kier alpha value is -2.90. The maximum absolute atomic E-state index is 11.9. The third kappa shape index (κ3) is 2.94. The van der Waals surface area contributed by atoms with Crippen LogP contribution in [0.2, 0.25) is 0 Å². The molecule has 4 rings (SSSR count). The maximum atomic E-state index is 11.9. The van der Waals surface area contributed by atoms with Crippen LogP contribution in [0.15, 0.2) is 29.3 Å². The number of hydrogen-bond donors (Lipinski definition) is 3. The molecule has 24 heavy (non-hydrogen) atoms. The number of aromatic amines is 2. The van der Waals surface area contributed by atoms with Crippen LogP contribution >= 0.6 is 0 Å². The van der Waals surface area contributed by atoms with Gasteiger partial charge in [-0.25, -0.2) is 4.98 Å². The summed E-state index contributed by atoms with van der Waals surface area (Å²) < 4.78 is 6.02. The topological polar surface area (TPSA) is 109 Å². The molecule has 1 fully saturated rings. The van der Waals surface area contributed by atoms with E-state index in [0.717, 1.165) is 18.4 Å². The van der Waals surface area contributed by atoms with E-state index in [0.29, 0.717) is 29.4 Å². The molecule has 0 bridgehead atoms. The summed E-state index contributed by atoms with van der Waals surface area (Å²) in [5.74, 6) is 1.02. The number of fused-ring (bicyclic) bond motifs is 1. The summed E-state index contributed by atoms with van der Waals surface area (Å²) in [6.07, 6.45) is 8.01. The molecule has 0 spiro atoms. The van der Waals surface area contributed by atoms with Gasteiger partial charge in [-0.15, -0.1) is 0 Å². The molecule has 0 amide bonds. The zero-order valence-corrected chi connectivity index (χ0v) is 13.1. The molecule has 0 aromatic carbocycles. The summed E-state index contributed by atoms with van der Waals surface area (Å²) in [5, 5.41) is 10.1. The van der Waals surface area contributed by atoms with Crippen LogP contribution in [0.25, 0.3) is 11.0 Å². The van der Waals surface area contributed by atoms with Crippen molar-refractivity contribution in [2.24, 2.45) is 0 Å². The molecule has 124 valence electrons. The summed E-state index contributed by atoms with van der Waals surface area (Å²) in [7, 11) is 0. The number of H-pyrrole nitrogens is 2. The first kappa shape index (κ1) is 14.7. The fraction of sp³-hybridized carbons (Fsp3) is 0.375. The Kier molecular flexibility index (Phi) is 3.86. The monoisotopic (exact) mass is 326 g/mol. The van der Waals surface area contributed by atoms with Gasteiger partial charge in [0.15, 0.2) is 5.65 Å². The van der Waals surface area contributed by atoms with E-state index in [2.05, 4.69) is 30.5 Å². The molecule has 0 saturated heterocycles. The molecule has 1 saturated carbocycles. The van der Waals surface area contributed by atoms with Gasteiger partial charge in [0, 0.05) is 18.3 Å². The Morgan fingerprint density at radius 1 is 1.33 bits per heavy atom. The van der Waals surface area contributed by atoms with Crippen LogP contribution in [0.1, 0.15) is 31.2 Å². The van der Waals surface area contributed by atoms with E-state index in [4.69, 9.17) is 4.74 Å².